The maximum Gasteiger partial charge on any atom is 0.317 e. The van der Waals surface area contributed by atoms with E-state index in [1.165, 1.54) is 6.34 Å². The summed E-state index contributed by atoms with van der Waals surface area (Å²) in [6, 6.07) is 0. The predicted octanol–water partition coefficient (Wildman–Crippen LogP) is -1.83. The topological polar surface area (TPSA) is 105 Å². The van der Waals surface area contributed by atoms with Crippen LogP contribution in [0.2, 0.25) is 0 Å². The highest BCUT2D eigenvalue weighted by Gasteiger charge is 1.98. The molecule has 0 aromatic heterocycles. The van der Waals surface area contributed by atoms with Crippen LogP contribution in [0.15, 0.2) is 4.99 Å². The lowest BCUT2D eigenvalue weighted by Gasteiger charge is -1.74. The van der Waals surface area contributed by atoms with Crippen LogP contribution < -0.4 is 11.1 Å². The van der Waals surface area contributed by atoms with Gasteiger partial charge in [0.2, 0.25) is 0 Å². The molecule has 0 bridgehead atoms. The summed E-state index contributed by atoms with van der Waals surface area (Å²) in [6.45, 7) is 0.0972. The Balaban J connectivity index is 0.000000187. The largest absolute Gasteiger partial charge is 0.480 e. The first kappa shape index (κ1) is 9.57. The van der Waals surface area contributed by atoms with Gasteiger partial charge in [-0.15, -0.1) is 0 Å². The van der Waals surface area contributed by atoms with Gasteiger partial charge in [-0.05, 0) is 0 Å². The SMILES string of the molecule is NCC(=O)O.O=C1CNC=N1. The second-order valence-corrected chi connectivity index (χ2v) is 1.63. The Hall–Kier alpha value is -1.43. The quantitative estimate of drug-likeness (QED) is 0.417. The van der Waals surface area contributed by atoms with Crippen LogP contribution in [0.4, 0.5) is 0 Å². The van der Waals surface area contributed by atoms with Crippen molar-refractivity contribution in [1.29, 1.82) is 0 Å². The van der Waals surface area contributed by atoms with Crippen molar-refractivity contribution >= 4 is 18.2 Å². The Labute approximate surface area is 63.1 Å². The fourth-order valence-electron chi connectivity index (χ4n) is 0.296. The molecule has 0 aromatic carbocycles. The number of nitrogens with two attached hydrogens (primary N) is 1. The molecule has 6 nitrogen and oxygen atoms in total. The number of aliphatic imine (C=N–C) groups is 1. The molecule has 11 heavy (non-hydrogen) atoms. The van der Waals surface area contributed by atoms with Crippen LogP contribution in [0.25, 0.3) is 0 Å². The number of aliphatic carboxylic acids is 1. The summed E-state index contributed by atoms with van der Waals surface area (Å²) in [4.78, 5) is 22.6. The maximum absolute atomic E-state index is 9.98. The monoisotopic (exact) mass is 159 g/mol. The van der Waals surface area contributed by atoms with Gasteiger partial charge in [-0.2, -0.15) is 0 Å². The highest BCUT2D eigenvalue weighted by Crippen LogP contribution is 1.74. The van der Waals surface area contributed by atoms with Gasteiger partial charge in [-0.25, -0.2) is 4.99 Å². The van der Waals surface area contributed by atoms with Gasteiger partial charge in [0.1, 0.15) is 0 Å². The number of amides is 1. The van der Waals surface area contributed by atoms with E-state index in [2.05, 4.69) is 16.0 Å². The molecule has 62 valence electrons. The van der Waals surface area contributed by atoms with E-state index in [4.69, 9.17) is 5.11 Å². The Kier molecular flexibility index (Phi) is 4.67. The molecule has 1 rings (SSSR count). The lowest BCUT2D eigenvalue weighted by atomic mass is 10.7. The molecule has 1 heterocycles. The number of carboxylic acids is 1. The van der Waals surface area contributed by atoms with Gasteiger partial charge in [0, 0.05) is 0 Å². The summed E-state index contributed by atoms with van der Waals surface area (Å²) < 4.78 is 0. The molecule has 0 saturated heterocycles. The molecule has 0 saturated carbocycles. The molecule has 0 radical (unpaired) electrons. The maximum atomic E-state index is 9.98. The molecular formula is C5H9N3O3. The molecule has 0 aromatic rings. The van der Waals surface area contributed by atoms with Crippen molar-refractivity contribution in [3.63, 3.8) is 0 Å². The van der Waals surface area contributed by atoms with Crippen LogP contribution in [0.3, 0.4) is 0 Å². The molecule has 1 aliphatic rings. The summed E-state index contributed by atoms with van der Waals surface area (Å²) in [5.41, 5.74) is 4.57. The Morgan fingerprint density at radius 3 is 2.55 bits per heavy atom. The molecule has 1 amide bonds. The lowest BCUT2D eigenvalue weighted by molar-refractivity contribution is -0.135. The number of carbonyl (C=O) groups excluding carboxylic acids is 1. The zero-order valence-electron chi connectivity index (χ0n) is 5.78. The minimum atomic E-state index is -0.968. The van der Waals surface area contributed by atoms with Crippen molar-refractivity contribution in [3.8, 4) is 0 Å². The fraction of sp³-hybridized carbons (Fsp3) is 0.400. The molecule has 6 heteroatoms. The lowest BCUT2D eigenvalue weighted by Crippen LogP contribution is -2.10. The van der Waals surface area contributed by atoms with E-state index in [0.29, 0.717) is 6.54 Å². The molecule has 0 fully saturated rings. The summed E-state index contributed by atoms with van der Waals surface area (Å²) in [5, 5.41) is 10.2. The van der Waals surface area contributed by atoms with Crippen molar-refractivity contribution in [1.82, 2.24) is 5.32 Å². The van der Waals surface area contributed by atoms with Gasteiger partial charge >= 0.3 is 5.97 Å². The van der Waals surface area contributed by atoms with Gasteiger partial charge < -0.3 is 16.2 Å². The zero-order chi connectivity index (χ0) is 8.69. The van der Waals surface area contributed by atoms with E-state index >= 15 is 0 Å². The van der Waals surface area contributed by atoms with Crippen molar-refractivity contribution in [3.05, 3.63) is 0 Å². The molecule has 4 N–H and O–H groups in total. The van der Waals surface area contributed by atoms with E-state index in [-0.39, 0.29) is 12.5 Å². The van der Waals surface area contributed by atoms with Crippen LogP contribution in [-0.4, -0.2) is 36.4 Å². The number of rotatable bonds is 1. The number of nitrogens with one attached hydrogen (secondary N) is 1. The minimum Gasteiger partial charge on any atom is -0.480 e. The Morgan fingerprint density at radius 1 is 1.91 bits per heavy atom. The van der Waals surface area contributed by atoms with Crippen molar-refractivity contribution in [2.24, 2.45) is 10.7 Å². The smallest absolute Gasteiger partial charge is 0.317 e. The summed E-state index contributed by atoms with van der Waals surface area (Å²) in [6.07, 6.45) is 1.41. The number of nitrogens with zero attached hydrogens (tertiary/aromatic N) is 1. The molecular weight excluding hydrogens is 150 g/mol. The molecule has 1 aliphatic heterocycles. The number of hydrogen-bond acceptors (Lipinski definition) is 4. The first-order valence-electron chi connectivity index (χ1n) is 2.87. The highest BCUT2D eigenvalue weighted by atomic mass is 16.4. The van der Waals surface area contributed by atoms with Gasteiger partial charge in [0.25, 0.3) is 5.91 Å². The summed E-state index contributed by atoms with van der Waals surface area (Å²) >= 11 is 0. The number of carbonyl (C=O) groups is 2. The van der Waals surface area contributed by atoms with Crippen LogP contribution >= 0.6 is 0 Å². The van der Waals surface area contributed by atoms with E-state index in [0.717, 1.165) is 0 Å². The third-order valence-electron chi connectivity index (χ3n) is 0.728. The van der Waals surface area contributed by atoms with E-state index in [1.54, 1.807) is 0 Å². The second kappa shape index (κ2) is 5.36. The normalized spacial score (nSPS) is 13.4. The molecule has 0 spiro atoms. The van der Waals surface area contributed by atoms with Crippen LogP contribution in [-0.2, 0) is 9.59 Å². The predicted molar refractivity (Wildman–Crippen MR) is 38.2 cm³/mol. The van der Waals surface area contributed by atoms with Crippen LogP contribution in [0, 0.1) is 0 Å². The van der Waals surface area contributed by atoms with Crippen molar-refractivity contribution in [2.75, 3.05) is 13.1 Å². The minimum absolute atomic E-state index is 0.0880. The number of hydrogen-bond donors (Lipinski definition) is 3. The van der Waals surface area contributed by atoms with Crippen LogP contribution in [0.1, 0.15) is 0 Å². The van der Waals surface area contributed by atoms with E-state index in [1.807, 2.05) is 0 Å². The average Bonchev–Trinajstić information content (AvgIpc) is 2.41. The molecule has 0 aliphatic carbocycles. The first-order chi connectivity index (χ1) is 5.16. The third-order valence-corrected chi connectivity index (χ3v) is 0.728. The highest BCUT2D eigenvalue weighted by molar-refractivity contribution is 5.91. The standard InChI is InChI=1S/C3H4N2O.C2H5NO2/c6-3-1-4-2-5-3;3-1-2(4)5/h2H,1H2,(H,4,5,6);1,3H2,(H,4,5). The van der Waals surface area contributed by atoms with Gasteiger partial charge in [-0.3, -0.25) is 9.59 Å². The zero-order valence-corrected chi connectivity index (χ0v) is 5.78. The van der Waals surface area contributed by atoms with Gasteiger partial charge in [0.15, 0.2) is 0 Å². The van der Waals surface area contributed by atoms with E-state index < -0.39 is 5.97 Å². The van der Waals surface area contributed by atoms with E-state index in [9.17, 15) is 9.59 Å². The Morgan fingerprint density at radius 2 is 2.45 bits per heavy atom. The van der Waals surface area contributed by atoms with Crippen LogP contribution in [0.5, 0.6) is 0 Å². The van der Waals surface area contributed by atoms with Gasteiger partial charge in [-0.1, -0.05) is 0 Å². The van der Waals surface area contributed by atoms with Crippen molar-refractivity contribution < 1.29 is 14.7 Å². The van der Waals surface area contributed by atoms with Crippen molar-refractivity contribution in [2.45, 2.75) is 0 Å². The molecule has 0 atom stereocenters. The summed E-state index contributed by atoms with van der Waals surface area (Å²) in [5.74, 6) is -1.06. The average molecular weight is 159 g/mol. The third kappa shape index (κ3) is 6.46. The Bertz CT molecular complexity index is 178. The van der Waals surface area contributed by atoms with Gasteiger partial charge in [0.05, 0.1) is 19.4 Å². The first-order valence-corrected chi connectivity index (χ1v) is 2.87. The fourth-order valence-corrected chi connectivity index (χ4v) is 0.296. The number of carboxylic acid groups (broad SMARTS) is 1. The summed E-state index contributed by atoms with van der Waals surface area (Å²) in [7, 11) is 0. The second-order valence-electron chi connectivity index (χ2n) is 1.63. The molecule has 0 unspecified atom stereocenters.